The van der Waals surface area contributed by atoms with Crippen molar-refractivity contribution in [3.8, 4) is 11.5 Å². The van der Waals surface area contributed by atoms with E-state index in [9.17, 15) is 9.59 Å². The zero-order valence-electron chi connectivity index (χ0n) is 15.1. The molecule has 0 aliphatic rings. The normalized spacial score (nSPS) is 10.2. The van der Waals surface area contributed by atoms with Crippen LogP contribution in [0.15, 0.2) is 42.5 Å². The minimum absolute atomic E-state index is 0.156. The molecule has 6 nitrogen and oxygen atoms in total. The lowest BCUT2D eigenvalue weighted by atomic mass is 10.2. The summed E-state index contributed by atoms with van der Waals surface area (Å²) in [5.41, 5.74) is 1.27. The summed E-state index contributed by atoms with van der Waals surface area (Å²) in [6.07, 6.45) is 0. The van der Waals surface area contributed by atoms with E-state index in [1.165, 1.54) is 11.8 Å². The van der Waals surface area contributed by atoms with Gasteiger partial charge in [-0.25, -0.2) is 0 Å². The molecule has 0 saturated heterocycles. The van der Waals surface area contributed by atoms with Gasteiger partial charge in [0, 0.05) is 22.5 Å². The number of rotatable bonds is 9. The number of nitrogens with one attached hydrogen (secondary N) is 2. The van der Waals surface area contributed by atoms with Gasteiger partial charge < -0.3 is 20.1 Å². The number of amides is 2. The van der Waals surface area contributed by atoms with Gasteiger partial charge in [0.2, 0.25) is 11.8 Å². The first-order valence-corrected chi connectivity index (χ1v) is 9.79. The molecule has 27 heavy (non-hydrogen) atoms. The number of carbonyl (C=O) groups is 2. The molecule has 2 aromatic carbocycles. The van der Waals surface area contributed by atoms with Gasteiger partial charge in [0.05, 0.1) is 25.2 Å². The van der Waals surface area contributed by atoms with Crippen LogP contribution < -0.4 is 20.1 Å². The Morgan fingerprint density at radius 2 is 1.56 bits per heavy atom. The fourth-order valence-electron chi connectivity index (χ4n) is 2.18. The molecule has 144 valence electrons. The second kappa shape index (κ2) is 10.7. The van der Waals surface area contributed by atoms with Crippen molar-refractivity contribution in [3.05, 3.63) is 47.5 Å². The van der Waals surface area contributed by atoms with Crippen LogP contribution in [0.5, 0.6) is 11.5 Å². The number of methoxy groups -OCH3 is 1. The molecular weight excluding hydrogens is 388 g/mol. The lowest BCUT2D eigenvalue weighted by molar-refractivity contribution is -0.114. The summed E-state index contributed by atoms with van der Waals surface area (Å²) < 4.78 is 10.7. The second-order valence-electron chi connectivity index (χ2n) is 5.39. The molecule has 0 aliphatic carbocycles. The van der Waals surface area contributed by atoms with E-state index in [2.05, 4.69) is 10.6 Å². The highest BCUT2D eigenvalue weighted by molar-refractivity contribution is 8.00. The van der Waals surface area contributed by atoms with Crippen LogP contribution in [0.4, 0.5) is 11.4 Å². The summed E-state index contributed by atoms with van der Waals surface area (Å²) in [7, 11) is 1.54. The fraction of sp³-hybridized carbons (Fsp3) is 0.263. The van der Waals surface area contributed by atoms with Crippen LogP contribution in [0.1, 0.15) is 6.92 Å². The molecule has 0 saturated carbocycles. The van der Waals surface area contributed by atoms with Crippen LogP contribution in [-0.4, -0.2) is 37.0 Å². The van der Waals surface area contributed by atoms with Crippen LogP contribution >= 0.6 is 23.4 Å². The number of hydrogen-bond acceptors (Lipinski definition) is 5. The second-order valence-corrected chi connectivity index (χ2v) is 6.82. The van der Waals surface area contributed by atoms with Crippen LogP contribution in [0, 0.1) is 0 Å². The van der Waals surface area contributed by atoms with Crippen LogP contribution in [0.2, 0.25) is 5.02 Å². The number of ether oxygens (including phenoxy) is 2. The molecule has 0 aromatic heterocycles. The summed E-state index contributed by atoms with van der Waals surface area (Å²) in [6.45, 7) is 2.41. The van der Waals surface area contributed by atoms with E-state index in [1.807, 2.05) is 6.92 Å². The van der Waals surface area contributed by atoms with Crippen molar-refractivity contribution >= 4 is 46.6 Å². The van der Waals surface area contributed by atoms with Gasteiger partial charge in [0.1, 0.15) is 0 Å². The summed E-state index contributed by atoms with van der Waals surface area (Å²) in [5.74, 6) is 1.10. The standard InChI is InChI=1S/C19H21ClN2O4S/c1-3-26-16-9-8-15(10-17(16)25-2)22-19(24)12-27-11-18(23)21-14-6-4-13(20)5-7-14/h4-10H,3,11-12H2,1-2H3,(H,21,23)(H,22,24). The molecule has 2 rings (SSSR count). The highest BCUT2D eigenvalue weighted by Gasteiger charge is 2.09. The SMILES string of the molecule is CCOc1ccc(NC(=O)CSCC(=O)Nc2ccc(Cl)cc2)cc1OC. The van der Waals surface area contributed by atoms with E-state index in [-0.39, 0.29) is 23.3 Å². The molecule has 0 atom stereocenters. The van der Waals surface area contributed by atoms with E-state index < -0.39 is 0 Å². The minimum atomic E-state index is -0.203. The molecule has 8 heteroatoms. The van der Waals surface area contributed by atoms with Crippen LogP contribution in [0.25, 0.3) is 0 Å². The third-order valence-corrected chi connectivity index (χ3v) is 4.53. The average molecular weight is 409 g/mol. The largest absolute Gasteiger partial charge is 0.493 e. The molecule has 0 spiro atoms. The van der Waals surface area contributed by atoms with Gasteiger partial charge in [-0.3, -0.25) is 9.59 Å². The third-order valence-electron chi connectivity index (χ3n) is 3.34. The van der Waals surface area contributed by atoms with Crippen molar-refractivity contribution < 1.29 is 19.1 Å². The predicted molar refractivity (Wildman–Crippen MR) is 110 cm³/mol. The minimum Gasteiger partial charge on any atom is -0.493 e. The molecule has 0 heterocycles. The van der Waals surface area contributed by atoms with Crippen molar-refractivity contribution in [1.82, 2.24) is 0 Å². The molecule has 0 aliphatic heterocycles. The molecule has 0 radical (unpaired) electrons. The number of halogens is 1. The topological polar surface area (TPSA) is 76.7 Å². The molecule has 2 amide bonds. The Labute approximate surface area is 167 Å². The molecule has 2 N–H and O–H groups in total. The maximum absolute atomic E-state index is 12.0. The van der Waals surface area contributed by atoms with E-state index in [0.29, 0.717) is 34.5 Å². The first-order chi connectivity index (χ1) is 13.0. The first-order valence-electron chi connectivity index (χ1n) is 8.25. The molecular formula is C19H21ClN2O4S. The Bertz CT molecular complexity index is 784. The van der Waals surface area contributed by atoms with Crippen molar-refractivity contribution in [2.24, 2.45) is 0 Å². The Balaban J connectivity index is 1.77. The van der Waals surface area contributed by atoms with Crippen molar-refractivity contribution in [3.63, 3.8) is 0 Å². The number of carbonyl (C=O) groups excluding carboxylic acids is 2. The maximum Gasteiger partial charge on any atom is 0.234 e. The molecule has 0 bridgehead atoms. The van der Waals surface area contributed by atoms with E-state index in [1.54, 1.807) is 49.6 Å². The Morgan fingerprint density at radius 1 is 0.963 bits per heavy atom. The van der Waals surface area contributed by atoms with Crippen LogP contribution in [0.3, 0.4) is 0 Å². The fourth-order valence-corrected chi connectivity index (χ4v) is 2.93. The van der Waals surface area contributed by atoms with Gasteiger partial charge in [0.25, 0.3) is 0 Å². The van der Waals surface area contributed by atoms with Gasteiger partial charge in [-0.05, 0) is 43.3 Å². The number of hydrogen-bond donors (Lipinski definition) is 2. The lowest BCUT2D eigenvalue weighted by Crippen LogP contribution is -2.18. The van der Waals surface area contributed by atoms with Crippen molar-refractivity contribution in [2.45, 2.75) is 6.92 Å². The van der Waals surface area contributed by atoms with Crippen LogP contribution in [-0.2, 0) is 9.59 Å². The number of benzene rings is 2. The van der Waals surface area contributed by atoms with E-state index in [0.717, 1.165) is 0 Å². The highest BCUT2D eigenvalue weighted by Crippen LogP contribution is 2.30. The zero-order valence-corrected chi connectivity index (χ0v) is 16.7. The Morgan fingerprint density at radius 3 is 2.15 bits per heavy atom. The van der Waals surface area contributed by atoms with Gasteiger partial charge >= 0.3 is 0 Å². The molecule has 0 unspecified atom stereocenters. The van der Waals surface area contributed by atoms with Gasteiger partial charge in [-0.15, -0.1) is 11.8 Å². The summed E-state index contributed by atoms with van der Waals surface area (Å²) >= 11 is 7.03. The zero-order chi connectivity index (χ0) is 19.6. The van der Waals surface area contributed by atoms with Gasteiger partial charge in [-0.1, -0.05) is 11.6 Å². The number of thioether (sulfide) groups is 1. The summed E-state index contributed by atoms with van der Waals surface area (Å²) in [6, 6.07) is 12.0. The highest BCUT2D eigenvalue weighted by atomic mass is 35.5. The van der Waals surface area contributed by atoms with Crippen molar-refractivity contribution in [2.75, 3.05) is 35.9 Å². The lowest BCUT2D eigenvalue weighted by Gasteiger charge is -2.11. The maximum atomic E-state index is 12.0. The smallest absolute Gasteiger partial charge is 0.234 e. The van der Waals surface area contributed by atoms with Crippen molar-refractivity contribution in [1.29, 1.82) is 0 Å². The Hall–Kier alpha value is -2.38. The Kier molecular flexibility index (Phi) is 8.29. The monoisotopic (exact) mass is 408 g/mol. The van der Waals surface area contributed by atoms with Gasteiger partial charge in [0.15, 0.2) is 11.5 Å². The average Bonchev–Trinajstić information content (AvgIpc) is 2.65. The first kappa shape index (κ1) is 20.9. The summed E-state index contributed by atoms with van der Waals surface area (Å²) in [4.78, 5) is 23.9. The molecule has 0 fully saturated rings. The number of anilines is 2. The molecule has 2 aromatic rings. The van der Waals surface area contributed by atoms with E-state index in [4.69, 9.17) is 21.1 Å². The van der Waals surface area contributed by atoms with Gasteiger partial charge in [-0.2, -0.15) is 0 Å². The van der Waals surface area contributed by atoms with E-state index >= 15 is 0 Å². The predicted octanol–water partition coefficient (Wildman–Crippen LogP) is 4.06. The summed E-state index contributed by atoms with van der Waals surface area (Å²) in [5, 5.41) is 6.12. The quantitative estimate of drug-likeness (QED) is 0.654. The third kappa shape index (κ3) is 7.03.